The van der Waals surface area contributed by atoms with Crippen molar-refractivity contribution in [3.05, 3.63) is 84.4 Å². The molecule has 1 aromatic heterocycles. The molecule has 3 aromatic carbocycles. The first kappa shape index (κ1) is 20.7. The van der Waals surface area contributed by atoms with Crippen molar-refractivity contribution in [2.75, 3.05) is 5.75 Å². The molecular weight excluding hydrogens is 410 g/mol. The number of pyridine rings is 1. The molecule has 0 bridgehead atoms. The Labute approximate surface area is 181 Å². The summed E-state index contributed by atoms with van der Waals surface area (Å²) in [6, 6.07) is 22.8. The van der Waals surface area contributed by atoms with E-state index >= 15 is 0 Å². The first-order valence-corrected chi connectivity index (χ1v) is 11.2. The number of nitrogens with zero attached hydrogens (tertiary/aromatic N) is 1. The third kappa shape index (κ3) is 4.46. The molecule has 0 aliphatic rings. The van der Waals surface area contributed by atoms with Crippen LogP contribution in [0.25, 0.3) is 21.8 Å². The van der Waals surface area contributed by atoms with Crippen LogP contribution in [0.1, 0.15) is 16.8 Å². The lowest BCUT2D eigenvalue weighted by atomic mass is 10.0. The number of carbonyl (C=O) groups is 2. The molecule has 6 nitrogen and oxygen atoms in total. The first-order valence-electron chi connectivity index (χ1n) is 9.85. The molecule has 7 heteroatoms. The van der Waals surface area contributed by atoms with Gasteiger partial charge in [-0.1, -0.05) is 54.6 Å². The van der Waals surface area contributed by atoms with E-state index in [-0.39, 0.29) is 12.2 Å². The van der Waals surface area contributed by atoms with Gasteiger partial charge in [-0.05, 0) is 30.7 Å². The smallest absolute Gasteiger partial charge is 0.253 e. The van der Waals surface area contributed by atoms with E-state index in [2.05, 4.69) is 10.3 Å². The van der Waals surface area contributed by atoms with Crippen LogP contribution in [-0.2, 0) is 15.6 Å². The lowest BCUT2D eigenvalue weighted by Crippen LogP contribution is -2.45. The van der Waals surface area contributed by atoms with E-state index in [1.165, 1.54) is 0 Å². The number of para-hydroxylation sites is 2. The van der Waals surface area contributed by atoms with E-state index in [0.29, 0.717) is 32.3 Å². The van der Waals surface area contributed by atoms with Crippen LogP contribution in [0.5, 0.6) is 0 Å². The van der Waals surface area contributed by atoms with Gasteiger partial charge in [-0.3, -0.25) is 13.8 Å². The number of fused-ring (bicyclic) bond motifs is 2. The van der Waals surface area contributed by atoms with Gasteiger partial charge in [0.05, 0.1) is 27.4 Å². The predicted octanol–water partition coefficient (Wildman–Crippen LogP) is 3.17. The highest BCUT2D eigenvalue weighted by Crippen LogP contribution is 2.26. The maximum atomic E-state index is 13.3. The zero-order chi connectivity index (χ0) is 21.8. The molecule has 0 unspecified atom stereocenters. The number of hydrogen-bond acceptors (Lipinski definition) is 4. The summed E-state index contributed by atoms with van der Waals surface area (Å²) < 4.78 is 12.5. The average molecular weight is 432 g/mol. The molecule has 4 rings (SSSR count). The molecule has 0 fully saturated rings. The van der Waals surface area contributed by atoms with Gasteiger partial charge < -0.3 is 11.1 Å². The van der Waals surface area contributed by atoms with E-state index < -0.39 is 28.7 Å². The van der Waals surface area contributed by atoms with Crippen LogP contribution in [0.2, 0.25) is 0 Å². The summed E-state index contributed by atoms with van der Waals surface area (Å²) in [6.45, 7) is 0. The number of hydrogen-bond donors (Lipinski definition) is 2. The minimum atomic E-state index is -1.29. The van der Waals surface area contributed by atoms with Crippen LogP contribution in [0.3, 0.4) is 0 Å². The SMILES string of the molecule is NC(=O)[C@H](CC[S@](=O)c1ccccc1)NC(=O)c1c2ccccc2nc2ccccc12. The van der Waals surface area contributed by atoms with Crippen molar-refractivity contribution in [3.8, 4) is 0 Å². The van der Waals surface area contributed by atoms with Gasteiger partial charge in [-0.2, -0.15) is 0 Å². The van der Waals surface area contributed by atoms with Crippen molar-refractivity contribution in [3.63, 3.8) is 0 Å². The van der Waals surface area contributed by atoms with Gasteiger partial charge in [0.25, 0.3) is 5.91 Å². The van der Waals surface area contributed by atoms with Crippen LogP contribution >= 0.6 is 0 Å². The fraction of sp³-hybridized carbons (Fsp3) is 0.125. The van der Waals surface area contributed by atoms with Crippen LogP contribution in [-0.4, -0.2) is 32.8 Å². The van der Waals surface area contributed by atoms with Gasteiger partial charge in [-0.25, -0.2) is 4.98 Å². The monoisotopic (exact) mass is 431 g/mol. The lowest BCUT2D eigenvalue weighted by molar-refractivity contribution is -0.119. The second kappa shape index (κ2) is 9.06. The second-order valence-corrected chi connectivity index (χ2v) is 8.67. The summed E-state index contributed by atoms with van der Waals surface area (Å²) in [6.07, 6.45) is 0.170. The Morgan fingerprint density at radius 1 is 0.871 bits per heavy atom. The normalized spacial score (nSPS) is 13.0. The van der Waals surface area contributed by atoms with Crippen molar-refractivity contribution in [2.45, 2.75) is 17.4 Å². The largest absolute Gasteiger partial charge is 0.368 e. The summed E-state index contributed by atoms with van der Waals surface area (Å²) in [7, 11) is -1.29. The fourth-order valence-electron chi connectivity index (χ4n) is 3.52. The molecule has 3 N–H and O–H groups in total. The summed E-state index contributed by atoms with van der Waals surface area (Å²) in [5.74, 6) is -0.874. The Morgan fingerprint density at radius 2 is 1.42 bits per heavy atom. The summed E-state index contributed by atoms with van der Waals surface area (Å²) in [5.41, 5.74) is 7.36. The molecule has 4 aromatic rings. The lowest BCUT2D eigenvalue weighted by Gasteiger charge is -2.17. The Hall–Kier alpha value is -3.58. The molecule has 0 saturated carbocycles. The van der Waals surface area contributed by atoms with Crippen molar-refractivity contribution in [1.82, 2.24) is 10.3 Å². The fourth-order valence-corrected chi connectivity index (χ4v) is 4.66. The summed E-state index contributed by atoms with van der Waals surface area (Å²) in [5, 5.41) is 4.13. The first-order chi connectivity index (χ1) is 15.0. The van der Waals surface area contributed by atoms with Crippen molar-refractivity contribution < 1.29 is 13.8 Å². The predicted molar refractivity (Wildman–Crippen MR) is 122 cm³/mol. The third-order valence-corrected chi connectivity index (χ3v) is 6.47. The van der Waals surface area contributed by atoms with Crippen LogP contribution < -0.4 is 11.1 Å². The molecular formula is C24H21N3O3S. The highest BCUT2D eigenvalue weighted by atomic mass is 32.2. The zero-order valence-corrected chi connectivity index (χ0v) is 17.5. The molecule has 1 heterocycles. The van der Waals surface area contributed by atoms with E-state index in [1.54, 1.807) is 24.3 Å². The number of nitrogens with two attached hydrogens (primary N) is 1. The van der Waals surface area contributed by atoms with Gasteiger partial charge in [-0.15, -0.1) is 0 Å². The number of nitrogens with one attached hydrogen (secondary N) is 1. The van der Waals surface area contributed by atoms with Crippen LogP contribution in [0.4, 0.5) is 0 Å². The Balaban J connectivity index is 1.61. The number of primary amides is 1. The maximum absolute atomic E-state index is 13.3. The molecule has 0 radical (unpaired) electrons. The topological polar surface area (TPSA) is 102 Å². The second-order valence-electron chi connectivity index (χ2n) is 7.10. The van der Waals surface area contributed by atoms with Gasteiger partial charge >= 0.3 is 0 Å². The number of benzene rings is 3. The highest BCUT2D eigenvalue weighted by molar-refractivity contribution is 7.85. The van der Waals surface area contributed by atoms with Crippen molar-refractivity contribution in [1.29, 1.82) is 0 Å². The molecule has 31 heavy (non-hydrogen) atoms. The van der Waals surface area contributed by atoms with E-state index in [9.17, 15) is 13.8 Å². The summed E-state index contributed by atoms with van der Waals surface area (Å²) >= 11 is 0. The van der Waals surface area contributed by atoms with Crippen molar-refractivity contribution in [2.24, 2.45) is 5.73 Å². The van der Waals surface area contributed by atoms with Gasteiger partial charge in [0, 0.05) is 21.4 Å². The molecule has 156 valence electrons. The zero-order valence-electron chi connectivity index (χ0n) is 16.7. The standard InChI is InChI=1S/C24H21N3O3S/c25-23(28)21(14-15-31(30)16-8-2-1-3-9-16)27-24(29)22-17-10-4-6-12-19(17)26-20-13-7-5-11-18(20)22/h1-13,21H,14-15H2,(H2,25,28)(H,27,29)/t21-,31-/m0/s1. The van der Waals surface area contributed by atoms with E-state index in [1.807, 2.05) is 54.6 Å². The molecule has 0 aliphatic carbocycles. The highest BCUT2D eigenvalue weighted by Gasteiger charge is 2.23. The Bertz CT molecular complexity index is 1240. The van der Waals surface area contributed by atoms with Crippen LogP contribution in [0, 0.1) is 0 Å². The number of aromatic nitrogens is 1. The molecule has 0 saturated heterocycles. The number of amides is 2. The molecule has 0 spiro atoms. The minimum Gasteiger partial charge on any atom is -0.368 e. The minimum absolute atomic E-state index is 0.170. The maximum Gasteiger partial charge on any atom is 0.253 e. The van der Waals surface area contributed by atoms with E-state index in [0.717, 1.165) is 0 Å². The number of rotatable bonds is 7. The summed E-state index contributed by atoms with van der Waals surface area (Å²) in [4.78, 5) is 30.6. The Morgan fingerprint density at radius 3 is 2.00 bits per heavy atom. The molecule has 2 atom stereocenters. The van der Waals surface area contributed by atoms with Crippen LogP contribution in [0.15, 0.2) is 83.8 Å². The Kier molecular flexibility index (Phi) is 6.04. The van der Waals surface area contributed by atoms with Gasteiger partial charge in [0.2, 0.25) is 5.91 Å². The van der Waals surface area contributed by atoms with E-state index in [4.69, 9.17) is 5.73 Å². The molecule has 2 amide bonds. The molecule has 0 aliphatic heterocycles. The average Bonchev–Trinajstić information content (AvgIpc) is 2.80. The van der Waals surface area contributed by atoms with Crippen molar-refractivity contribution >= 4 is 44.4 Å². The third-order valence-electron chi connectivity index (χ3n) is 5.06. The quantitative estimate of drug-likeness (QED) is 0.439. The van der Waals surface area contributed by atoms with Gasteiger partial charge in [0.15, 0.2) is 0 Å². The number of carbonyl (C=O) groups excluding carboxylic acids is 2. The van der Waals surface area contributed by atoms with Gasteiger partial charge in [0.1, 0.15) is 6.04 Å².